The molecule has 2 amide bonds. The summed E-state index contributed by atoms with van der Waals surface area (Å²) in [5.74, 6) is -0.534. The second kappa shape index (κ2) is 14.3. The lowest BCUT2D eigenvalue weighted by Crippen LogP contribution is -2.33. The van der Waals surface area contributed by atoms with E-state index in [1.807, 2.05) is 91.8 Å². The Morgan fingerprint density at radius 2 is 1.66 bits per heavy atom. The molecule has 2 N–H and O–H groups in total. The van der Waals surface area contributed by atoms with Crippen LogP contribution in [0.25, 0.3) is 6.08 Å². The molecule has 0 aromatic heterocycles. The lowest BCUT2D eigenvalue weighted by Gasteiger charge is -2.13. The molecule has 4 aromatic rings. The van der Waals surface area contributed by atoms with Gasteiger partial charge in [-0.05, 0) is 59.7 Å². The molecule has 41 heavy (non-hydrogen) atoms. The smallest absolute Gasteiger partial charge is 0.287 e. The fourth-order valence-corrected chi connectivity index (χ4v) is 4.34. The average molecular weight is 632 g/mol. The van der Waals surface area contributed by atoms with Crippen LogP contribution in [0.15, 0.2) is 112 Å². The standard InChI is InChI=1S/C32H28BrClN4O3/c1-38(2)26-15-12-22(13-16-26)18-29(36-31(39)27-10-6-7-11-28(27)34)32(40)37-35-20-24-19-25(33)14-17-30(24)41-21-23-8-4-3-5-9-23/h3-20H,21H2,1-2H3,(H,36,39)(H,37,40). The van der Waals surface area contributed by atoms with Crippen molar-refractivity contribution >= 4 is 57.3 Å². The third-order valence-corrected chi connectivity index (χ3v) is 6.73. The summed E-state index contributed by atoms with van der Waals surface area (Å²) in [5, 5.41) is 7.10. The summed E-state index contributed by atoms with van der Waals surface area (Å²) in [5.41, 5.74) is 6.14. The van der Waals surface area contributed by atoms with Crippen molar-refractivity contribution in [2.75, 3.05) is 19.0 Å². The van der Waals surface area contributed by atoms with Crippen LogP contribution in [0.5, 0.6) is 5.75 Å². The molecule has 208 valence electrons. The number of amides is 2. The van der Waals surface area contributed by atoms with E-state index in [1.165, 1.54) is 6.21 Å². The van der Waals surface area contributed by atoms with Gasteiger partial charge in [0.2, 0.25) is 0 Å². The fraction of sp³-hybridized carbons (Fsp3) is 0.0938. The molecule has 9 heteroatoms. The van der Waals surface area contributed by atoms with Gasteiger partial charge < -0.3 is 15.0 Å². The molecule has 0 radical (unpaired) electrons. The summed E-state index contributed by atoms with van der Waals surface area (Å²) in [6.45, 7) is 0.378. The Kier molecular flexibility index (Phi) is 10.3. The van der Waals surface area contributed by atoms with E-state index < -0.39 is 11.8 Å². The van der Waals surface area contributed by atoms with Crippen LogP contribution in [-0.4, -0.2) is 32.1 Å². The first kappa shape index (κ1) is 29.6. The molecule has 0 fully saturated rings. The lowest BCUT2D eigenvalue weighted by atomic mass is 10.1. The number of anilines is 1. The van der Waals surface area contributed by atoms with Gasteiger partial charge in [-0.3, -0.25) is 9.59 Å². The molecule has 0 heterocycles. The van der Waals surface area contributed by atoms with Crippen LogP contribution < -0.4 is 20.4 Å². The van der Waals surface area contributed by atoms with Crippen molar-refractivity contribution in [3.8, 4) is 5.75 Å². The molecule has 4 aromatic carbocycles. The van der Waals surface area contributed by atoms with E-state index in [1.54, 1.807) is 30.3 Å². The maximum absolute atomic E-state index is 13.2. The van der Waals surface area contributed by atoms with Gasteiger partial charge >= 0.3 is 0 Å². The van der Waals surface area contributed by atoms with Gasteiger partial charge in [-0.25, -0.2) is 5.43 Å². The van der Waals surface area contributed by atoms with Crippen LogP contribution in [0.2, 0.25) is 5.02 Å². The van der Waals surface area contributed by atoms with Gasteiger partial charge in [-0.2, -0.15) is 5.10 Å². The van der Waals surface area contributed by atoms with E-state index in [0.29, 0.717) is 23.5 Å². The van der Waals surface area contributed by atoms with Crippen LogP contribution in [0.3, 0.4) is 0 Å². The number of nitrogens with one attached hydrogen (secondary N) is 2. The van der Waals surface area contributed by atoms with Crippen molar-refractivity contribution < 1.29 is 14.3 Å². The molecule has 0 atom stereocenters. The summed E-state index contributed by atoms with van der Waals surface area (Å²) in [7, 11) is 3.88. The van der Waals surface area contributed by atoms with Crippen LogP contribution in [-0.2, 0) is 11.4 Å². The number of carbonyl (C=O) groups excluding carboxylic acids is 2. The molecule has 0 unspecified atom stereocenters. The van der Waals surface area contributed by atoms with Crippen molar-refractivity contribution in [1.29, 1.82) is 0 Å². The van der Waals surface area contributed by atoms with Gasteiger partial charge in [0.1, 0.15) is 18.1 Å². The number of carbonyl (C=O) groups is 2. The van der Waals surface area contributed by atoms with Crippen LogP contribution >= 0.6 is 27.5 Å². The molecule has 0 spiro atoms. The molecule has 4 rings (SSSR count). The second-order valence-corrected chi connectivity index (χ2v) is 10.5. The third-order valence-electron chi connectivity index (χ3n) is 5.91. The summed E-state index contributed by atoms with van der Waals surface area (Å²) in [6.07, 6.45) is 3.06. The number of hydrogen-bond acceptors (Lipinski definition) is 5. The van der Waals surface area contributed by atoms with E-state index in [9.17, 15) is 9.59 Å². The summed E-state index contributed by atoms with van der Waals surface area (Å²) >= 11 is 9.68. The largest absolute Gasteiger partial charge is 0.488 e. The Balaban J connectivity index is 1.54. The van der Waals surface area contributed by atoms with E-state index in [-0.39, 0.29) is 16.3 Å². The Hall–Kier alpha value is -4.40. The summed E-state index contributed by atoms with van der Waals surface area (Å²) in [4.78, 5) is 28.2. The number of nitrogens with zero attached hydrogens (tertiary/aromatic N) is 2. The van der Waals surface area contributed by atoms with Gasteiger partial charge in [0.05, 0.1) is 16.8 Å². The third kappa shape index (κ3) is 8.54. The fourth-order valence-electron chi connectivity index (χ4n) is 3.74. The van der Waals surface area contributed by atoms with Crippen molar-refractivity contribution in [3.63, 3.8) is 0 Å². The molecule has 0 bridgehead atoms. The lowest BCUT2D eigenvalue weighted by molar-refractivity contribution is -0.117. The van der Waals surface area contributed by atoms with Crippen LogP contribution in [0.1, 0.15) is 27.0 Å². The van der Waals surface area contributed by atoms with Crippen molar-refractivity contribution in [3.05, 3.63) is 135 Å². The Morgan fingerprint density at radius 1 is 0.951 bits per heavy atom. The highest BCUT2D eigenvalue weighted by atomic mass is 79.9. The second-order valence-electron chi connectivity index (χ2n) is 9.13. The molecular formula is C32H28BrClN4O3. The molecule has 0 aliphatic carbocycles. The minimum atomic E-state index is -0.611. The number of halogens is 2. The normalized spacial score (nSPS) is 11.3. The highest BCUT2D eigenvalue weighted by Gasteiger charge is 2.16. The number of ether oxygens (including phenoxy) is 1. The SMILES string of the molecule is CN(C)c1ccc(C=C(NC(=O)c2ccccc2Cl)C(=O)NN=Cc2cc(Br)ccc2OCc2ccccc2)cc1. The van der Waals surface area contributed by atoms with E-state index in [2.05, 4.69) is 31.8 Å². The summed E-state index contributed by atoms with van der Waals surface area (Å²) < 4.78 is 6.82. The molecule has 7 nitrogen and oxygen atoms in total. The zero-order valence-electron chi connectivity index (χ0n) is 22.5. The molecule has 0 aliphatic rings. The van der Waals surface area contributed by atoms with Gasteiger partial charge in [-0.15, -0.1) is 0 Å². The van der Waals surface area contributed by atoms with Crippen molar-refractivity contribution in [2.24, 2.45) is 5.10 Å². The quantitative estimate of drug-likeness (QED) is 0.116. The first-order chi connectivity index (χ1) is 19.8. The first-order valence-corrected chi connectivity index (χ1v) is 13.8. The number of benzene rings is 4. The van der Waals surface area contributed by atoms with Crippen molar-refractivity contribution in [1.82, 2.24) is 10.7 Å². The van der Waals surface area contributed by atoms with Crippen LogP contribution in [0, 0.1) is 0 Å². The van der Waals surface area contributed by atoms with Gasteiger partial charge in [-0.1, -0.05) is 82.1 Å². The molecular weight excluding hydrogens is 604 g/mol. The molecule has 0 saturated heterocycles. The van der Waals surface area contributed by atoms with Crippen LogP contribution in [0.4, 0.5) is 5.69 Å². The number of hydrazone groups is 1. The number of rotatable bonds is 10. The van der Waals surface area contributed by atoms with E-state index in [0.717, 1.165) is 15.7 Å². The highest BCUT2D eigenvalue weighted by Crippen LogP contribution is 2.23. The van der Waals surface area contributed by atoms with Gasteiger partial charge in [0.15, 0.2) is 0 Å². The minimum Gasteiger partial charge on any atom is -0.488 e. The Bertz CT molecular complexity index is 1570. The Labute approximate surface area is 252 Å². The predicted molar refractivity (Wildman–Crippen MR) is 168 cm³/mol. The molecule has 0 aliphatic heterocycles. The highest BCUT2D eigenvalue weighted by molar-refractivity contribution is 9.10. The maximum atomic E-state index is 13.2. The monoisotopic (exact) mass is 630 g/mol. The maximum Gasteiger partial charge on any atom is 0.287 e. The average Bonchev–Trinajstić information content (AvgIpc) is 2.97. The summed E-state index contributed by atoms with van der Waals surface area (Å²) in [6, 6.07) is 29.5. The first-order valence-electron chi connectivity index (χ1n) is 12.6. The molecule has 0 saturated carbocycles. The van der Waals surface area contributed by atoms with E-state index >= 15 is 0 Å². The zero-order valence-corrected chi connectivity index (χ0v) is 24.8. The van der Waals surface area contributed by atoms with E-state index in [4.69, 9.17) is 16.3 Å². The van der Waals surface area contributed by atoms with Crippen molar-refractivity contribution in [2.45, 2.75) is 6.61 Å². The zero-order chi connectivity index (χ0) is 29.2. The number of hydrogen-bond donors (Lipinski definition) is 2. The Morgan fingerprint density at radius 3 is 2.37 bits per heavy atom. The predicted octanol–water partition coefficient (Wildman–Crippen LogP) is 6.67. The topological polar surface area (TPSA) is 83.0 Å². The van der Waals surface area contributed by atoms with Gasteiger partial charge in [0.25, 0.3) is 11.8 Å². The van der Waals surface area contributed by atoms with Gasteiger partial charge in [0, 0.05) is 29.8 Å². The minimum absolute atomic E-state index is 0.000494.